The van der Waals surface area contributed by atoms with Crippen molar-refractivity contribution in [3.63, 3.8) is 0 Å². The molecule has 2 unspecified atom stereocenters. The number of hydrazine groups is 1. The summed E-state index contributed by atoms with van der Waals surface area (Å²) in [6.45, 7) is 0. The van der Waals surface area contributed by atoms with Gasteiger partial charge in [0.05, 0.1) is 6.04 Å². The van der Waals surface area contributed by atoms with Crippen LogP contribution in [0, 0.1) is 0 Å². The molecule has 2 aromatic rings. The van der Waals surface area contributed by atoms with E-state index < -0.39 is 0 Å². The van der Waals surface area contributed by atoms with Gasteiger partial charge in [-0.3, -0.25) is 11.3 Å². The van der Waals surface area contributed by atoms with Gasteiger partial charge in [-0.2, -0.15) is 11.3 Å². The number of hydrogen-bond acceptors (Lipinski definition) is 4. The second kappa shape index (κ2) is 5.35. The molecule has 1 aliphatic heterocycles. The van der Waals surface area contributed by atoms with E-state index in [1.54, 1.807) is 11.3 Å². The number of nitrogens with two attached hydrogens (primary N) is 1. The van der Waals surface area contributed by atoms with Gasteiger partial charge in [-0.25, -0.2) is 0 Å². The minimum Gasteiger partial charge on any atom is -0.271 e. The Balaban J connectivity index is 1.86. The van der Waals surface area contributed by atoms with Gasteiger partial charge in [-0.15, -0.1) is 11.8 Å². The van der Waals surface area contributed by atoms with Gasteiger partial charge in [0.2, 0.25) is 0 Å². The first kappa shape index (κ1) is 12.7. The Labute approximate surface area is 123 Å². The van der Waals surface area contributed by atoms with Crippen LogP contribution in [0.4, 0.5) is 0 Å². The van der Waals surface area contributed by atoms with Crippen molar-refractivity contribution in [3.05, 3.63) is 50.6 Å². The first-order valence-electron chi connectivity index (χ1n) is 5.72. The van der Waals surface area contributed by atoms with Crippen molar-refractivity contribution in [1.82, 2.24) is 5.43 Å². The fourth-order valence-corrected chi connectivity index (χ4v) is 5.30. The maximum atomic E-state index is 5.77. The van der Waals surface area contributed by atoms with E-state index in [0.717, 1.165) is 10.9 Å². The topological polar surface area (TPSA) is 38.0 Å². The van der Waals surface area contributed by atoms with Gasteiger partial charge in [-0.05, 0) is 44.9 Å². The molecular formula is C13H13BrN2S2. The molecule has 3 rings (SSSR count). The van der Waals surface area contributed by atoms with Gasteiger partial charge in [0.15, 0.2) is 0 Å². The lowest BCUT2D eigenvalue weighted by molar-refractivity contribution is 0.533. The normalized spacial score (nSPS) is 19.8. The van der Waals surface area contributed by atoms with Crippen molar-refractivity contribution in [1.29, 1.82) is 0 Å². The largest absolute Gasteiger partial charge is 0.271 e. The van der Waals surface area contributed by atoms with Crippen molar-refractivity contribution in [2.24, 2.45) is 5.84 Å². The molecule has 0 aliphatic carbocycles. The Morgan fingerprint density at radius 1 is 1.33 bits per heavy atom. The molecule has 0 bridgehead atoms. The van der Waals surface area contributed by atoms with E-state index in [-0.39, 0.29) is 6.04 Å². The zero-order valence-corrected chi connectivity index (χ0v) is 12.8. The minimum atomic E-state index is 0.183. The van der Waals surface area contributed by atoms with Crippen LogP contribution in [0.3, 0.4) is 0 Å². The molecule has 2 heterocycles. The molecule has 2 nitrogen and oxygen atoms in total. The van der Waals surface area contributed by atoms with E-state index in [1.165, 1.54) is 16.0 Å². The lowest BCUT2D eigenvalue weighted by atomic mass is 10.0. The average molecular weight is 341 g/mol. The van der Waals surface area contributed by atoms with Crippen LogP contribution < -0.4 is 11.3 Å². The van der Waals surface area contributed by atoms with Crippen LogP contribution in [0.15, 0.2) is 44.4 Å². The fraction of sp³-hybridized carbons (Fsp3) is 0.231. The van der Waals surface area contributed by atoms with Gasteiger partial charge in [0.25, 0.3) is 0 Å². The third kappa shape index (κ3) is 2.26. The van der Waals surface area contributed by atoms with Gasteiger partial charge < -0.3 is 0 Å². The summed E-state index contributed by atoms with van der Waals surface area (Å²) in [5, 5.41) is 4.73. The Morgan fingerprint density at radius 2 is 2.17 bits per heavy atom. The summed E-state index contributed by atoms with van der Waals surface area (Å²) in [4.78, 5) is 1.38. The zero-order chi connectivity index (χ0) is 12.5. The van der Waals surface area contributed by atoms with Crippen molar-refractivity contribution >= 4 is 39.0 Å². The summed E-state index contributed by atoms with van der Waals surface area (Å²) in [6.07, 6.45) is 1.07. The maximum Gasteiger partial charge on any atom is 0.0604 e. The fourth-order valence-electron chi connectivity index (χ4n) is 2.31. The number of benzene rings is 1. The van der Waals surface area contributed by atoms with Crippen LogP contribution in [-0.2, 0) is 6.42 Å². The molecule has 94 valence electrons. The molecule has 18 heavy (non-hydrogen) atoms. The molecule has 0 saturated heterocycles. The van der Waals surface area contributed by atoms with Crippen molar-refractivity contribution in [3.8, 4) is 0 Å². The summed E-state index contributed by atoms with van der Waals surface area (Å²) in [7, 11) is 0. The highest BCUT2D eigenvalue weighted by Crippen LogP contribution is 2.44. The molecule has 0 amide bonds. The SMILES string of the molecule is NNC(c1cscc1Br)C1Cc2ccccc2S1. The van der Waals surface area contributed by atoms with E-state index >= 15 is 0 Å². The molecule has 0 radical (unpaired) electrons. The molecular weight excluding hydrogens is 328 g/mol. The smallest absolute Gasteiger partial charge is 0.0604 e. The van der Waals surface area contributed by atoms with E-state index in [2.05, 4.69) is 56.4 Å². The second-order valence-electron chi connectivity index (χ2n) is 4.29. The van der Waals surface area contributed by atoms with Crippen LogP contribution in [0.5, 0.6) is 0 Å². The third-order valence-electron chi connectivity index (χ3n) is 3.20. The summed E-state index contributed by atoms with van der Waals surface area (Å²) >= 11 is 7.21. The molecule has 5 heteroatoms. The molecule has 1 aromatic heterocycles. The van der Waals surface area contributed by atoms with E-state index in [0.29, 0.717) is 5.25 Å². The van der Waals surface area contributed by atoms with Gasteiger partial charge in [0.1, 0.15) is 0 Å². The summed E-state index contributed by atoms with van der Waals surface area (Å²) in [5.74, 6) is 5.77. The molecule has 1 aromatic carbocycles. The Bertz CT molecular complexity index is 530. The standard InChI is InChI=1S/C13H13BrN2S2/c14-10-7-17-6-9(10)13(16-15)12-5-8-3-1-2-4-11(8)18-12/h1-4,6-7,12-13,16H,5,15H2. The minimum absolute atomic E-state index is 0.183. The molecule has 1 aliphatic rings. The Morgan fingerprint density at radius 3 is 2.83 bits per heavy atom. The molecule has 3 N–H and O–H groups in total. The number of thioether (sulfide) groups is 1. The van der Waals surface area contributed by atoms with Crippen LogP contribution in [-0.4, -0.2) is 5.25 Å². The maximum absolute atomic E-state index is 5.77. The lowest BCUT2D eigenvalue weighted by Gasteiger charge is -2.21. The number of nitrogens with one attached hydrogen (secondary N) is 1. The Kier molecular flexibility index (Phi) is 3.77. The van der Waals surface area contributed by atoms with E-state index in [9.17, 15) is 0 Å². The van der Waals surface area contributed by atoms with Gasteiger partial charge in [-0.1, -0.05) is 18.2 Å². The first-order chi connectivity index (χ1) is 8.79. The summed E-state index contributed by atoms with van der Waals surface area (Å²) in [5.41, 5.74) is 5.66. The van der Waals surface area contributed by atoms with Crippen LogP contribution in [0.25, 0.3) is 0 Å². The summed E-state index contributed by atoms with van der Waals surface area (Å²) < 4.78 is 1.15. The van der Waals surface area contributed by atoms with E-state index in [1.807, 2.05) is 11.8 Å². The van der Waals surface area contributed by atoms with Crippen LogP contribution in [0.2, 0.25) is 0 Å². The van der Waals surface area contributed by atoms with Crippen LogP contribution in [0.1, 0.15) is 17.2 Å². The third-order valence-corrected chi connectivity index (χ3v) is 6.35. The monoisotopic (exact) mass is 340 g/mol. The molecule has 2 atom stereocenters. The summed E-state index contributed by atoms with van der Waals surface area (Å²) in [6, 6.07) is 8.78. The van der Waals surface area contributed by atoms with Gasteiger partial charge >= 0.3 is 0 Å². The number of fused-ring (bicyclic) bond motifs is 1. The molecule has 0 saturated carbocycles. The van der Waals surface area contributed by atoms with Gasteiger partial charge in [0, 0.05) is 20.0 Å². The van der Waals surface area contributed by atoms with E-state index in [4.69, 9.17) is 5.84 Å². The second-order valence-corrected chi connectivity index (χ2v) is 7.17. The highest BCUT2D eigenvalue weighted by atomic mass is 79.9. The number of hydrogen-bond donors (Lipinski definition) is 2. The first-order valence-corrected chi connectivity index (χ1v) is 8.33. The lowest BCUT2D eigenvalue weighted by Crippen LogP contribution is -2.35. The highest BCUT2D eigenvalue weighted by Gasteiger charge is 2.31. The number of thiophene rings is 1. The van der Waals surface area contributed by atoms with Crippen molar-refractivity contribution < 1.29 is 0 Å². The predicted octanol–water partition coefficient (Wildman–Crippen LogP) is 3.73. The number of rotatable bonds is 3. The average Bonchev–Trinajstić information content (AvgIpc) is 2.97. The predicted molar refractivity (Wildman–Crippen MR) is 81.9 cm³/mol. The van der Waals surface area contributed by atoms with Crippen LogP contribution >= 0.6 is 39.0 Å². The van der Waals surface area contributed by atoms with Crippen molar-refractivity contribution in [2.45, 2.75) is 22.6 Å². The highest BCUT2D eigenvalue weighted by molar-refractivity contribution is 9.10. The number of halogens is 1. The quantitative estimate of drug-likeness (QED) is 0.660. The molecule has 0 spiro atoms. The zero-order valence-electron chi connectivity index (χ0n) is 9.60. The molecule has 0 fully saturated rings. The van der Waals surface area contributed by atoms with Crippen molar-refractivity contribution in [2.75, 3.05) is 0 Å². The Hall–Kier alpha value is -0.330.